The molecule has 9 nitrogen and oxygen atoms in total. The molecule has 0 radical (unpaired) electrons. The first-order valence-electron chi connectivity index (χ1n) is 19.9. The molecule has 1 unspecified atom stereocenters. The smallest absolute Gasteiger partial charge is 0.326 e. The molecule has 0 aromatic heterocycles. The van der Waals surface area contributed by atoms with Crippen LogP contribution in [0.15, 0.2) is 48.5 Å². The number of hydrogen-bond acceptors (Lipinski definition) is 6. The van der Waals surface area contributed by atoms with Gasteiger partial charge in [-0.15, -0.1) is 0 Å². The number of nitrogens with one attached hydrogen (secondary N) is 2. The molecule has 0 saturated heterocycles. The van der Waals surface area contributed by atoms with Crippen LogP contribution in [0.25, 0.3) is 11.1 Å². The van der Waals surface area contributed by atoms with E-state index in [1.165, 1.54) is 5.56 Å². The van der Waals surface area contributed by atoms with Gasteiger partial charge >= 0.3 is 5.97 Å². The Hall–Kier alpha value is -3.85. The third-order valence-electron chi connectivity index (χ3n) is 9.59. The van der Waals surface area contributed by atoms with Gasteiger partial charge in [0.1, 0.15) is 12.1 Å². The third-order valence-corrected chi connectivity index (χ3v) is 9.59. The predicted molar refractivity (Wildman–Crippen MR) is 212 cm³/mol. The van der Waals surface area contributed by atoms with Crippen molar-refractivity contribution in [3.63, 3.8) is 0 Å². The van der Waals surface area contributed by atoms with Crippen molar-refractivity contribution in [2.45, 2.75) is 163 Å². The Morgan fingerprint density at radius 1 is 0.698 bits per heavy atom. The van der Waals surface area contributed by atoms with Crippen LogP contribution in [-0.4, -0.2) is 58.2 Å². The Morgan fingerprint density at radius 3 is 1.77 bits per heavy atom. The molecular weight excluding hydrogens is 668 g/mol. The lowest BCUT2D eigenvalue weighted by molar-refractivity contribution is -0.143. The fraction of sp³-hybridized carbons (Fsp3) is 0.614. The van der Waals surface area contributed by atoms with Crippen molar-refractivity contribution in [3.05, 3.63) is 59.7 Å². The lowest BCUT2D eigenvalue weighted by Crippen LogP contribution is -2.53. The Morgan fingerprint density at radius 2 is 1.25 bits per heavy atom. The number of rotatable bonds is 25. The van der Waals surface area contributed by atoms with E-state index in [9.17, 15) is 29.1 Å². The van der Waals surface area contributed by atoms with Gasteiger partial charge in [-0.3, -0.25) is 19.2 Å². The molecule has 2 rings (SSSR count). The zero-order valence-corrected chi connectivity index (χ0v) is 33.6. The van der Waals surface area contributed by atoms with Gasteiger partial charge in [-0.2, -0.15) is 0 Å². The van der Waals surface area contributed by atoms with Crippen LogP contribution >= 0.6 is 0 Å². The van der Waals surface area contributed by atoms with E-state index >= 15 is 0 Å². The molecule has 2 amide bonds. The van der Waals surface area contributed by atoms with Crippen LogP contribution in [0.1, 0.15) is 148 Å². The van der Waals surface area contributed by atoms with Crippen LogP contribution in [-0.2, 0) is 30.3 Å². The number of unbranched alkanes of at least 4 members (excludes halogenated alkanes) is 5. The Labute approximate surface area is 318 Å². The summed E-state index contributed by atoms with van der Waals surface area (Å²) in [5.74, 6) is -4.10. The molecule has 0 spiro atoms. The summed E-state index contributed by atoms with van der Waals surface area (Å²) < 4.78 is 6.13. The molecule has 2 aromatic rings. The number of ether oxygens (including phenoxy) is 1. The first kappa shape index (κ1) is 45.3. The topological polar surface area (TPSA) is 139 Å². The van der Waals surface area contributed by atoms with Crippen LogP contribution in [0.5, 0.6) is 0 Å². The maximum Gasteiger partial charge on any atom is 0.326 e. The number of carbonyl (C=O) groups excluding carboxylic acids is 4. The van der Waals surface area contributed by atoms with Gasteiger partial charge in [0.25, 0.3) is 0 Å². The van der Waals surface area contributed by atoms with E-state index < -0.39 is 59.2 Å². The minimum Gasteiger partial charge on any atom is -0.480 e. The molecule has 9 heteroatoms. The first-order chi connectivity index (χ1) is 25.1. The average molecular weight is 735 g/mol. The third kappa shape index (κ3) is 16.4. The summed E-state index contributed by atoms with van der Waals surface area (Å²) in [5.41, 5.74) is 3.28. The summed E-state index contributed by atoms with van der Waals surface area (Å²) in [6.07, 6.45) is 8.22. The standard InChI is InChI=1S/C44H66N2O7/c1-9-12-15-18-36(29-38(47)35-26-24-34(25-27-35)33-22-20-32(21-23-33)17-14-11-3)42(50)46-40(31(5)53-44(6,7)8)39(48)28-30(4)41(49)45-37(43(51)52)19-16-13-10-2/h20-27,30-31,36-37,40H,9-19,28-29H2,1-8H3,(H,45,49)(H,46,50)(H,51,52)/t30-,31-,36-,37+,40?/m1/s1. The maximum absolute atomic E-state index is 14.0. The van der Waals surface area contributed by atoms with Gasteiger partial charge in [-0.05, 0) is 70.1 Å². The zero-order valence-electron chi connectivity index (χ0n) is 33.6. The van der Waals surface area contributed by atoms with Crippen LogP contribution in [0.2, 0.25) is 0 Å². The molecule has 0 aliphatic carbocycles. The largest absolute Gasteiger partial charge is 0.480 e. The van der Waals surface area contributed by atoms with Gasteiger partial charge < -0.3 is 20.5 Å². The van der Waals surface area contributed by atoms with E-state index in [1.807, 2.05) is 39.8 Å². The van der Waals surface area contributed by atoms with Crippen molar-refractivity contribution in [1.82, 2.24) is 10.6 Å². The number of hydrogen-bond donors (Lipinski definition) is 3. The second-order valence-corrected chi connectivity index (χ2v) is 15.6. The van der Waals surface area contributed by atoms with Crippen LogP contribution in [0.3, 0.4) is 0 Å². The molecule has 0 fully saturated rings. The average Bonchev–Trinajstić information content (AvgIpc) is 3.11. The fourth-order valence-corrected chi connectivity index (χ4v) is 6.45. The van der Waals surface area contributed by atoms with E-state index in [0.29, 0.717) is 24.8 Å². The number of aryl methyl sites for hydroxylation is 1. The Bertz CT molecular complexity index is 1450. The van der Waals surface area contributed by atoms with Gasteiger partial charge in [0, 0.05) is 30.2 Å². The fourth-order valence-electron chi connectivity index (χ4n) is 6.45. The molecule has 3 N–H and O–H groups in total. The number of carboxylic acid groups (broad SMARTS) is 1. The van der Waals surface area contributed by atoms with Crippen molar-refractivity contribution in [1.29, 1.82) is 0 Å². The Balaban J connectivity index is 2.22. The van der Waals surface area contributed by atoms with E-state index in [4.69, 9.17) is 4.74 Å². The van der Waals surface area contributed by atoms with Crippen LogP contribution in [0.4, 0.5) is 0 Å². The number of carbonyl (C=O) groups is 5. The van der Waals surface area contributed by atoms with Gasteiger partial charge in [0.05, 0.1) is 11.7 Å². The summed E-state index contributed by atoms with van der Waals surface area (Å²) in [6, 6.07) is 13.9. The summed E-state index contributed by atoms with van der Waals surface area (Å²) in [4.78, 5) is 66.3. The number of ketones is 2. The van der Waals surface area contributed by atoms with E-state index in [-0.39, 0.29) is 18.6 Å². The normalized spacial score (nSPS) is 14.4. The second-order valence-electron chi connectivity index (χ2n) is 15.6. The zero-order chi connectivity index (χ0) is 39.6. The Kier molecular flexibility index (Phi) is 19.7. The molecule has 0 saturated carbocycles. The summed E-state index contributed by atoms with van der Waals surface area (Å²) >= 11 is 0. The molecule has 0 aliphatic heterocycles. The van der Waals surface area contributed by atoms with Gasteiger partial charge in [0.2, 0.25) is 11.8 Å². The molecule has 5 atom stereocenters. The van der Waals surface area contributed by atoms with Crippen molar-refractivity contribution >= 4 is 29.4 Å². The highest BCUT2D eigenvalue weighted by molar-refractivity contribution is 6.00. The highest BCUT2D eigenvalue weighted by Gasteiger charge is 2.35. The quantitative estimate of drug-likeness (QED) is 0.0684. The highest BCUT2D eigenvalue weighted by atomic mass is 16.5. The SMILES string of the molecule is CCCCC[C@H](CC(=O)c1ccc(-c2ccc(CCCC)cc2)cc1)C(=O)NC(C(=O)C[C@@H](C)C(=O)N[C@@H](CCCCC)C(=O)O)[C@@H](C)OC(C)(C)C. The molecule has 53 heavy (non-hydrogen) atoms. The number of benzene rings is 2. The number of carboxylic acids is 1. The van der Waals surface area contributed by atoms with E-state index in [0.717, 1.165) is 62.5 Å². The molecule has 294 valence electrons. The van der Waals surface area contributed by atoms with Gasteiger partial charge in [-0.1, -0.05) is 121 Å². The summed E-state index contributed by atoms with van der Waals surface area (Å²) in [5, 5.41) is 15.1. The number of amides is 2. The van der Waals surface area contributed by atoms with E-state index in [2.05, 4.69) is 48.7 Å². The lowest BCUT2D eigenvalue weighted by Gasteiger charge is -2.32. The van der Waals surface area contributed by atoms with Crippen molar-refractivity contribution in [3.8, 4) is 11.1 Å². The first-order valence-corrected chi connectivity index (χ1v) is 19.9. The van der Waals surface area contributed by atoms with Crippen molar-refractivity contribution < 1.29 is 33.8 Å². The van der Waals surface area contributed by atoms with Crippen molar-refractivity contribution in [2.24, 2.45) is 11.8 Å². The summed E-state index contributed by atoms with van der Waals surface area (Å²) in [6.45, 7) is 15.1. The molecule has 2 aromatic carbocycles. The van der Waals surface area contributed by atoms with Gasteiger partial charge in [0.15, 0.2) is 11.6 Å². The monoisotopic (exact) mass is 734 g/mol. The van der Waals surface area contributed by atoms with Gasteiger partial charge in [-0.25, -0.2) is 4.79 Å². The molecule has 0 heterocycles. The minimum absolute atomic E-state index is 0.0101. The predicted octanol–water partition coefficient (Wildman–Crippen LogP) is 8.90. The molecule has 0 bridgehead atoms. The van der Waals surface area contributed by atoms with E-state index in [1.54, 1.807) is 26.0 Å². The lowest BCUT2D eigenvalue weighted by atomic mass is 9.90. The molecule has 0 aliphatic rings. The number of Topliss-reactive ketones (excluding diaryl/α,β-unsaturated/α-hetero) is 2. The second kappa shape index (κ2) is 23.0. The van der Waals surface area contributed by atoms with Crippen molar-refractivity contribution in [2.75, 3.05) is 0 Å². The summed E-state index contributed by atoms with van der Waals surface area (Å²) in [7, 11) is 0. The van der Waals surface area contributed by atoms with Crippen LogP contribution < -0.4 is 10.6 Å². The molecular formula is C44H66N2O7. The number of aliphatic carboxylic acids is 1. The minimum atomic E-state index is -1.11. The highest BCUT2D eigenvalue weighted by Crippen LogP contribution is 2.24. The maximum atomic E-state index is 14.0. The van der Waals surface area contributed by atoms with Crippen LogP contribution in [0, 0.1) is 11.8 Å².